The van der Waals surface area contributed by atoms with E-state index in [-0.39, 0.29) is 6.10 Å². The Morgan fingerprint density at radius 1 is 1.00 bits per heavy atom. The van der Waals surface area contributed by atoms with Gasteiger partial charge in [0.15, 0.2) is 11.5 Å². The van der Waals surface area contributed by atoms with Crippen LogP contribution in [-0.2, 0) is 6.54 Å². The minimum absolute atomic E-state index is 0.132. The maximum atomic E-state index is 5.82. The Morgan fingerprint density at radius 3 is 2.42 bits per heavy atom. The van der Waals surface area contributed by atoms with Gasteiger partial charge in [-0.2, -0.15) is 0 Å². The molecule has 3 rings (SSSR count). The maximum Gasteiger partial charge on any atom is 0.161 e. The molecule has 0 aromatic heterocycles. The molecule has 4 heteroatoms. The fraction of sp³-hybridized carbons (Fsp3) is 0.455. The lowest BCUT2D eigenvalue weighted by Crippen LogP contribution is -2.22. The molecule has 4 nitrogen and oxygen atoms in total. The molecule has 2 aromatic rings. The van der Waals surface area contributed by atoms with E-state index in [0.29, 0.717) is 6.04 Å². The second-order valence-electron chi connectivity index (χ2n) is 7.05. The highest BCUT2D eigenvalue weighted by Crippen LogP contribution is 2.35. The lowest BCUT2D eigenvalue weighted by atomic mass is 10.0. The quantitative estimate of drug-likeness (QED) is 0.712. The second kappa shape index (κ2) is 8.45. The summed E-state index contributed by atoms with van der Waals surface area (Å²) in [6, 6.07) is 15.2. The van der Waals surface area contributed by atoms with Crippen molar-refractivity contribution in [3.05, 3.63) is 53.6 Å². The molecule has 26 heavy (non-hydrogen) atoms. The van der Waals surface area contributed by atoms with Crippen LogP contribution in [0.15, 0.2) is 42.5 Å². The number of rotatable bonds is 7. The zero-order chi connectivity index (χ0) is 18.5. The molecule has 0 bridgehead atoms. The van der Waals surface area contributed by atoms with Gasteiger partial charge in [0.05, 0.1) is 20.3 Å². The zero-order valence-electron chi connectivity index (χ0n) is 16.2. The SMILES string of the molecule is COc1ccc([C@H]2CCCN2Cc2ccc(OC(C)C)c(OC)c2)cc1. The molecule has 1 fully saturated rings. The van der Waals surface area contributed by atoms with Gasteiger partial charge < -0.3 is 14.2 Å². The average molecular weight is 355 g/mol. The van der Waals surface area contributed by atoms with Crippen LogP contribution < -0.4 is 14.2 Å². The molecule has 1 aliphatic heterocycles. The molecule has 0 spiro atoms. The summed E-state index contributed by atoms with van der Waals surface area (Å²) < 4.78 is 16.6. The van der Waals surface area contributed by atoms with Gasteiger partial charge in [0.2, 0.25) is 0 Å². The van der Waals surface area contributed by atoms with Gasteiger partial charge in [-0.3, -0.25) is 4.90 Å². The van der Waals surface area contributed by atoms with Gasteiger partial charge >= 0.3 is 0 Å². The minimum atomic E-state index is 0.132. The summed E-state index contributed by atoms with van der Waals surface area (Å²) in [5.41, 5.74) is 2.60. The van der Waals surface area contributed by atoms with Crippen LogP contribution in [-0.4, -0.2) is 31.8 Å². The van der Waals surface area contributed by atoms with Crippen molar-refractivity contribution in [1.29, 1.82) is 0 Å². The Hall–Kier alpha value is -2.20. The van der Waals surface area contributed by atoms with Crippen molar-refractivity contribution in [2.45, 2.75) is 45.4 Å². The Morgan fingerprint density at radius 2 is 1.77 bits per heavy atom. The van der Waals surface area contributed by atoms with Crippen molar-refractivity contribution < 1.29 is 14.2 Å². The molecule has 0 amide bonds. The third-order valence-electron chi connectivity index (χ3n) is 4.84. The van der Waals surface area contributed by atoms with E-state index < -0.39 is 0 Å². The highest BCUT2D eigenvalue weighted by atomic mass is 16.5. The van der Waals surface area contributed by atoms with Crippen molar-refractivity contribution in [3.63, 3.8) is 0 Å². The smallest absolute Gasteiger partial charge is 0.161 e. The van der Waals surface area contributed by atoms with Crippen molar-refractivity contribution in [2.24, 2.45) is 0 Å². The van der Waals surface area contributed by atoms with Crippen molar-refractivity contribution in [3.8, 4) is 17.2 Å². The summed E-state index contributed by atoms with van der Waals surface area (Å²) in [6.07, 6.45) is 2.55. The van der Waals surface area contributed by atoms with Gasteiger partial charge in [0, 0.05) is 12.6 Å². The van der Waals surface area contributed by atoms with E-state index in [9.17, 15) is 0 Å². The van der Waals surface area contributed by atoms with Crippen LogP contribution in [0.4, 0.5) is 0 Å². The average Bonchev–Trinajstić information content (AvgIpc) is 3.10. The summed E-state index contributed by atoms with van der Waals surface area (Å²) in [6.45, 7) is 6.08. The third-order valence-corrected chi connectivity index (χ3v) is 4.84. The number of hydrogen-bond donors (Lipinski definition) is 0. The number of nitrogens with zero attached hydrogens (tertiary/aromatic N) is 1. The Labute approximate surface area is 156 Å². The predicted octanol–water partition coefficient (Wildman–Crippen LogP) is 4.83. The van der Waals surface area contributed by atoms with E-state index >= 15 is 0 Å². The summed E-state index contributed by atoms with van der Waals surface area (Å²) >= 11 is 0. The summed E-state index contributed by atoms with van der Waals surface area (Å²) in [7, 11) is 3.40. The highest BCUT2D eigenvalue weighted by Gasteiger charge is 2.26. The van der Waals surface area contributed by atoms with E-state index in [4.69, 9.17) is 14.2 Å². The van der Waals surface area contributed by atoms with E-state index in [0.717, 1.165) is 30.3 Å². The Bertz CT molecular complexity index is 712. The molecule has 0 unspecified atom stereocenters. The first-order chi connectivity index (χ1) is 12.6. The molecule has 0 aliphatic carbocycles. The third kappa shape index (κ3) is 4.31. The second-order valence-corrected chi connectivity index (χ2v) is 7.05. The van der Waals surface area contributed by atoms with Crippen LogP contribution in [0, 0.1) is 0 Å². The monoisotopic (exact) mass is 355 g/mol. The van der Waals surface area contributed by atoms with Gasteiger partial charge in [0.1, 0.15) is 5.75 Å². The van der Waals surface area contributed by atoms with Gasteiger partial charge in [-0.05, 0) is 68.6 Å². The van der Waals surface area contributed by atoms with E-state index in [1.54, 1.807) is 14.2 Å². The van der Waals surface area contributed by atoms with E-state index in [2.05, 4.69) is 29.2 Å². The molecule has 0 radical (unpaired) electrons. The lowest BCUT2D eigenvalue weighted by molar-refractivity contribution is 0.228. The molecule has 1 aliphatic rings. The lowest BCUT2D eigenvalue weighted by Gasteiger charge is -2.25. The van der Waals surface area contributed by atoms with Crippen molar-refractivity contribution >= 4 is 0 Å². The van der Waals surface area contributed by atoms with Crippen LogP contribution in [0.1, 0.15) is 43.9 Å². The van der Waals surface area contributed by atoms with Crippen LogP contribution in [0.2, 0.25) is 0 Å². The molecule has 1 heterocycles. The predicted molar refractivity (Wildman–Crippen MR) is 104 cm³/mol. The van der Waals surface area contributed by atoms with Crippen LogP contribution in [0.3, 0.4) is 0 Å². The molecule has 2 aromatic carbocycles. The first-order valence-electron chi connectivity index (χ1n) is 9.32. The normalized spacial score (nSPS) is 17.5. The fourth-order valence-corrected chi connectivity index (χ4v) is 3.62. The molecule has 0 N–H and O–H groups in total. The van der Waals surface area contributed by atoms with Crippen LogP contribution in [0.5, 0.6) is 17.2 Å². The first kappa shape index (κ1) is 18.6. The summed E-state index contributed by atoms with van der Waals surface area (Å²) in [5, 5.41) is 0. The molecular formula is C22H29NO3. The Kier molecular flexibility index (Phi) is 6.04. The minimum Gasteiger partial charge on any atom is -0.497 e. The van der Waals surface area contributed by atoms with Gasteiger partial charge in [-0.25, -0.2) is 0 Å². The summed E-state index contributed by atoms with van der Waals surface area (Å²) in [4.78, 5) is 2.54. The maximum absolute atomic E-state index is 5.82. The molecule has 140 valence electrons. The first-order valence-corrected chi connectivity index (χ1v) is 9.32. The number of likely N-dealkylation sites (tertiary alicyclic amines) is 1. The topological polar surface area (TPSA) is 30.9 Å². The largest absolute Gasteiger partial charge is 0.497 e. The van der Waals surface area contributed by atoms with E-state index in [1.807, 2.05) is 32.0 Å². The molecule has 1 saturated heterocycles. The molecule has 1 atom stereocenters. The molecule has 0 saturated carbocycles. The fourth-order valence-electron chi connectivity index (χ4n) is 3.62. The van der Waals surface area contributed by atoms with Gasteiger partial charge in [0.25, 0.3) is 0 Å². The van der Waals surface area contributed by atoms with Gasteiger partial charge in [-0.15, -0.1) is 0 Å². The van der Waals surface area contributed by atoms with Gasteiger partial charge in [-0.1, -0.05) is 18.2 Å². The number of hydrogen-bond acceptors (Lipinski definition) is 4. The van der Waals surface area contributed by atoms with Crippen molar-refractivity contribution in [2.75, 3.05) is 20.8 Å². The standard InChI is InChI=1S/C22H29NO3/c1-16(2)26-21-12-7-17(14-22(21)25-4)15-23-13-5-6-20(23)18-8-10-19(24-3)11-9-18/h7-12,14,16,20H,5-6,13,15H2,1-4H3/t20-/m1/s1. The zero-order valence-corrected chi connectivity index (χ0v) is 16.2. The number of benzene rings is 2. The summed E-state index contributed by atoms with van der Waals surface area (Å²) in [5.74, 6) is 2.51. The molecular weight excluding hydrogens is 326 g/mol. The Balaban J connectivity index is 1.74. The van der Waals surface area contributed by atoms with Crippen LogP contribution >= 0.6 is 0 Å². The highest BCUT2D eigenvalue weighted by molar-refractivity contribution is 5.43. The van der Waals surface area contributed by atoms with Crippen LogP contribution in [0.25, 0.3) is 0 Å². The number of ether oxygens (including phenoxy) is 3. The van der Waals surface area contributed by atoms with Crippen molar-refractivity contribution in [1.82, 2.24) is 4.90 Å². The number of methoxy groups -OCH3 is 2. The van der Waals surface area contributed by atoms with E-state index in [1.165, 1.54) is 24.0 Å².